The number of hydrogen-bond acceptors (Lipinski definition) is 8. The summed E-state index contributed by atoms with van der Waals surface area (Å²) in [6.07, 6.45) is 6.56. The SMILES string of the molecule is C=C(C(=O)OC)C(O)c1ccccc1F.COC(=O)c1cc2c(F)cccn2c1.O=C(O)c1cc2c(F)cccn2c1.O=Cc1ncccc1F. The second-order valence-electron chi connectivity index (χ2n) is 9.98. The number of aldehydes is 1. The number of aliphatic hydroxyl groups is 1. The fraction of sp³-hybridized carbons (Fsp3) is 0.0833. The Hall–Kier alpha value is -6.61. The van der Waals surface area contributed by atoms with Gasteiger partial charge >= 0.3 is 17.9 Å². The van der Waals surface area contributed by atoms with Crippen LogP contribution in [0.15, 0.2) is 116 Å². The van der Waals surface area contributed by atoms with Gasteiger partial charge in [-0.15, -0.1) is 0 Å². The molecule has 0 bridgehead atoms. The normalized spacial score (nSPS) is 10.6. The van der Waals surface area contributed by atoms with Gasteiger partial charge in [0.25, 0.3) is 0 Å². The van der Waals surface area contributed by atoms with Crippen LogP contribution in [-0.4, -0.2) is 62.4 Å². The van der Waals surface area contributed by atoms with E-state index in [1.54, 1.807) is 28.9 Å². The Morgan fingerprint density at radius 3 is 1.78 bits per heavy atom. The number of carboxylic acid groups (broad SMARTS) is 1. The van der Waals surface area contributed by atoms with Crippen LogP contribution in [0.25, 0.3) is 11.0 Å². The lowest BCUT2D eigenvalue weighted by Gasteiger charge is -2.12. The lowest BCUT2D eigenvalue weighted by molar-refractivity contribution is -0.137. The van der Waals surface area contributed by atoms with Crippen LogP contribution in [0.2, 0.25) is 0 Å². The number of rotatable bonds is 6. The lowest BCUT2D eigenvalue weighted by atomic mass is 10.0. The van der Waals surface area contributed by atoms with Gasteiger partial charge in [0.2, 0.25) is 0 Å². The second kappa shape index (κ2) is 18.2. The fourth-order valence-corrected chi connectivity index (χ4v) is 4.16. The van der Waals surface area contributed by atoms with Crippen LogP contribution in [0.1, 0.15) is 42.9 Å². The quantitative estimate of drug-likeness (QED) is 0.0885. The standard InChI is InChI=1S/C11H11FO3.C10H8FNO2.C9H6FNO2.C6H4FNO/c1-7(11(14)15-2)10(13)8-5-3-4-6-9(8)12;1-14-10(13)7-5-9-8(11)3-2-4-12(9)6-7;10-7-2-1-3-11-5-6(9(12)13)4-8(7)11;7-5-2-1-3-8-6(5)4-9/h3-6,10,13H,1H2,2H3;2-6H,1H3;1-5H,(H,12,13);1-4H. The van der Waals surface area contributed by atoms with Gasteiger partial charge < -0.3 is 28.5 Å². The molecule has 0 radical (unpaired) electrons. The Bertz CT molecular complexity index is 2180. The first-order valence-electron chi connectivity index (χ1n) is 14.4. The maximum Gasteiger partial charge on any atom is 0.339 e. The van der Waals surface area contributed by atoms with Crippen LogP contribution in [0.5, 0.6) is 0 Å². The minimum absolute atomic E-state index is 0.00731. The Kier molecular flexibility index (Phi) is 13.9. The molecule has 0 amide bonds. The van der Waals surface area contributed by atoms with Crippen LogP contribution in [-0.2, 0) is 14.3 Å². The molecule has 0 aliphatic rings. The smallest absolute Gasteiger partial charge is 0.339 e. The van der Waals surface area contributed by atoms with Gasteiger partial charge in [0, 0.05) is 36.5 Å². The number of carbonyl (C=O) groups excluding carboxylic acids is 3. The van der Waals surface area contributed by atoms with E-state index in [1.807, 2.05) is 0 Å². The zero-order valence-corrected chi connectivity index (χ0v) is 26.9. The third-order valence-electron chi connectivity index (χ3n) is 6.71. The Labute approximate surface area is 287 Å². The summed E-state index contributed by atoms with van der Waals surface area (Å²) in [5, 5.41) is 18.3. The highest BCUT2D eigenvalue weighted by molar-refractivity contribution is 5.91. The van der Waals surface area contributed by atoms with Crippen LogP contribution >= 0.6 is 0 Å². The van der Waals surface area contributed by atoms with Gasteiger partial charge in [-0.3, -0.25) is 9.78 Å². The molecule has 5 aromatic heterocycles. The molecule has 1 aromatic carbocycles. The van der Waals surface area contributed by atoms with Gasteiger partial charge in [0.15, 0.2) is 12.1 Å². The number of carbonyl (C=O) groups is 4. The third-order valence-corrected chi connectivity index (χ3v) is 6.71. The molecule has 15 heteroatoms. The minimum atomic E-state index is -1.38. The van der Waals surface area contributed by atoms with Gasteiger partial charge in [-0.25, -0.2) is 31.9 Å². The molecule has 0 aliphatic heterocycles. The minimum Gasteiger partial charge on any atom is -0.478 e. The zero-order chi connectivity index (χ0) is 37.7. The maximum atomic E-state index is 13.2. The number of esters is 2. The van der Waals surface area contributed by atoms with Gasteiger partial charge in [0.1, 0.15) is 29.2 Å². The first kappa shape index (κ1) is 38.8. The number of nitrogens with zero attached hydrogens (tertiary/aromatic N) is 3. The van der Waals surface area contributed by atoms with Crippen LogP contribution in [0.4, 0.5) is 17.6 Å². The predicted octanol–water partition coefficient (Wildman–Crippen LogP) is 6.26. The summed E-state index contributed by atoms with van der Waals surface area (Å²) in [7, 11) is 2.46. The van der Waals surface area contributed by atoms with E-state index < -0.39 is 41.5 Å². The number of aromatic carboxylic acids is 1. The van der Waals surface area contributed by atoms with Crippen LogP contribution < -0.4 is 0 Å². The number of carboxylic acids is 1. The Morgan fingerprint density at radius 1 is 0.784 bits per heavy atom. The van der Waals surface area contributed by atoms with E-state index in [0.29, 0.717) is 17.4 Å². The van der Waals surface area contributed by atoms with Crippen molar-refractivity contribution in [2.75, 3.05) is 14.2 Å². The topological polar surface area (TPSA) is 149 Å². The average molecular weight is 708 g/mol. The molecular formula is C36H29F4N3O8. The average Bonchev–Trinajstić information content (AvgIpc) is 3.79. The number of aliphatic hydroxyl groups excluding tert-OH is 1. The number of halogens is 4. The molecule has 0 spiro atoms. The summed E-state index contributed by atoms with van der Waals surface area (Å²) in [6, 6.07) is 16.8. The number of aromatic nitrogens is 3. The van der Waals surface area contributed by atoms with E-state index in [-0.39, 0.29) is 33.7 Å². The van der Waals surface area contributed by atoms with Crippen molar-refractivity contribution in [2.45, 2.75) is 6.10 Å². The molecule has 6 aromatic rings. The van der Waals surface area contributed by atoms with Crippen molar-refractivity contribution in [1.29, 1.82) is 0 Å². The largest absolute Gasteiger partial charge is 0.478 e. The van der Waals surface area contributed by atoms with Crippen molar-refractivity contribution in [3.8, 4) is 0 Å². The van der Waals surface area contributed by atoms with Crippen LogP contribution in [0, 0.1) is 23.3 Å². The van der Waals surface area contributed by atoms with E-state index >= 15 is 0 Å². The van der Waals surface area contributed by atoms with E-state index in [1.165, 1.54) is 97.9 Å². The third kappa shape index (κ3) is 10.2. The number of pyridine rings is 3. The maximum absolute atomic E-state index is 13.2. The molecule has 5 heterocycles. The molecule has 0 fully saturated rings. The highest BCUT2D eigenvalue weighted by atomic mass is 19.1. The monoisotopic (exact) mass is 707 g/mol. The molecule has 0 saturated carbocycles. The van der Waals surface area contributed by atoms with Crippen molar-refractivity contribution in [3.05, 3.63) is 162 Å². The van der Waals surface area contributed by atoms with Crippen molar-refractivity contribution >= 4 is 35.2 Å². The molecule has 11 nitrogen and oxygen atoms in total. The summed E-state index contributed by atoms with van der Waals surface area (Å²) >= 11 is 0. The highest BCUT2D eigenvalue weighted by Gasteiger charge is 2.21. The van der Waals surface area contributed by atoms with Gasteiger partial charge in [-0.1, -0.05) is 24.8 Å². The molecular weight excluding hydrogens is 678 g/mol. The first-order valence-corrected chi connectivity index (χ1v) is 14.4. The van der Waals surface area contributed by atoms with E-state index in [4.69, 9.17) is 5.11 Å². The van der Waals surface area contributed by atoms with Crippen molar-refractivity contribution in [2.24, 2.45) is 0 Å². The number of ether oxygens (including phenoxy) is 2. The van der Waals surface area contributed by atoms with Crippen LogP contribution in [0.3, 0.4) is 0 Å². The van der Waals surface area contributed by atoms with E-state index in [0.717, 1.165) is 0 Å². The molecule has 51 heavy (non-hydrogen) atoms. The molecule has 6 rings (SSSR count). The molecule has 0 saturated heterocycles. The molecule has 2 N–H and O–H groups in total. The Morgan fingerprint density at radius 2 is 1.31 bits per heavy atom. The number of methoxy groups -OCH3 is 2. The van der Waals surface area contributed by atoms with E-state index in [9.17, 15) is 41.8 Å². The van der Waals surface area contributed by atoms with Crippen molar-refractivity contribution < 1.29 is 56.4 Å². The van der Waals surface area contributed by atoms with Crippen molar-refractivity contribution in [3.63, 3.8) is 0 Å². The van der Waals surface area contributed by atoms with E-state index in [2.05, 4.69) is 21.0 Å². The van der Waals surface area contributed by atoms with Crippen molar-refractivity contribution in [1.82, 2.24) is 13.8 Å². The fourth-order valence-electron chi connectivity index (χ4n) is 4.16. The highest BCUT2D eigenvalue weighted by Crippen LogP contribution is 2.23. The summed E-state index contributed by atoms with van der Waals surface area (Å²) in [4.78, 5) is 46.1. The summed E-state index contributed by atoms with van der Waals surface area (Å²) < 4.78 is 63.6. The first-order chi connectivity index (χ1) is 24.3. The molecule has 0 aliphatic carbocycles. The molecule has 1 atom stereocenters. The number of hydrogen-bond donors (Lipinski definition) is 2. The lowest BCUT2D eigenvalue weighted by Crippen LogP contribution is -2.13. The summed E-state index contributed by atoms with van der Waals surface area (Å²) in [6.45, 7) is 3.35. The summed E-state index contributed by atoms with van der Waals surface area (Å²) in [5.41, 5.74) is 0.753. The molecule has 264 valence electrons. The zero-order valence-electron chi connectivity index (χ0n) is 26.9. The van der Waals surface area contributed by atoms with Gasteiger partial charge in [-0.2, -0.15) is 0 Å². The number of benzene rings is 1. The summed E-state index contributed by atoms with van der Waals surface area (Å²) in [5.74, 6) is -4.22. The predicted molar refractivity (Wildman–Crippen MR) is 175 cm³/mol. The van der Waals surface area contributed by atoms with Gasteiger partial charge in [-0.05, 0) is 54.6 Å². The van der Waals surface area contributed by atoms with Gasteiger partial charge in [0.05, 0.1) is 42.0 Å². The number of fused-ring (bicyclic) bond motifs is 2. The Balaban J connectivity index is 0.000000186. The molecule has 1 unspecified atom stereocenters. The second-order valence-corrected chi connectivity index (χ2v) is 9.98.